The minimum absolute atomic E-state index is 0.0304. The molecule has 2 N–H and O–H groups in total. The lowest BCUT2D eigenvalue weighted by Crippen LogP contribution is -2.47. The molecule has 1 saturated heterocycles. The molecule has 2 unspecified atom stereocenters. The monoisotopic (exact) mass is 668 g/mol. The van der Waals surface area contributed by atoms with Gasteiger partial charge < -0.3 is 34.3 Å². The fraction of sp³-hybridized carbons (Fsp3) is 0.324. The van der Waals surface area contributed by atoms with Crippen molar-refractivity contribution >= 4 is 35.0 Å². The van der Waals surface area contributed by atoms with Gasteiger partial charge in [-0.05, 0) is 54.3 Å². The van der Waals surface area contributed by atoms with Crippen LogP contribution in [-0.2, 0) is 12.3 Å². The van der Waals surface area contributed by atoms with Crippen molar-refractivity contribution in [1.29, 1.82) is 0 Å². The van der Waals surface area contributed by atoms with Gasteiger partial charge in [0.15, 0.2) is 11.5 Å². The van der Waals surface area contributed by atoms with Crippen LogP contribution in [-0.4, -0.2) is 63.1 Å². The molecule has 2 aliphatic rings. The van der Waals surface area contributed by atoms with Crippen molar-refractivity contribution in [3.8, 4) is 17.2 Å². The number of pyridine rings is 1. The van der Waals surface area contributed by atoms with Crippen LogP contribution in [0.25, 0.3) is 0 Å². The summed E-state index contributed by atoms with van der Waals surface area (Å²) in [5.41, 5.74) is 4.40. The lowest BCUT2D eigenvalue weighted by Gasteiger charge is -2.44. The number of methoxy groups -OCH3 is 3. The van der Waals surface area contributed by atoms with Gasteiger partial charge in [0.2, 0.25) is 5.75 Å². The smallest absolute Gasteiger partial charge is 0.255 e. The highest BCUT2D eigenvalue weighted by Crippen LogP contribution is 2.41. The quantitative estimate of drug-likeness (QED) is 0.193. The van der Waals surface area contributed by atoms with E-state index in [-0.39, 0.29) is 29.2 Å². The third-order valence-corrected chi connectivity index (χ3v) is 9.93. The zero-order chi connectivity index (χ0) is 33.6. The average Bonchev–Trinajstić information content (AvgIpc) is 3.11. The van der Waals surface area contributed by atoms with Gasteiger partial charge in [-0.1, -0.05) is 36.4 Å². The number of benzene rings is 3. The first-order valence-electron chi connectivity index (χ1n) is 16.0. The van der Waals surface area contributed by atoms with Crippen molar-refractivity contribution in [3.05, 3.63) is 112 Å². The maximum atomic E-state index is 13.8. The molecule has 2 bridgehead atoms. The van der Waals surface area contributed by atoms with E-state index in [2.05, 4.69) is 27.7 Å². The Morgan fingerprint density at radius 2 is 1.60 bits per heavy atom. The maximum Gasteiger partial charge on any atom is 0.255 e. The minimum Gasteiger partial charge on any atom is -0.493 e. The van der Waals surface area contributed by atoms with Gasteiger partial charge in [0.05, 0.1) is 32.7 Å². The lowest BCUT2D eigenvalue weighted by molar-refractivity contribution is 0.0954. The third kappa shape index (κ3) is 7.16. The molecule has 0 radical (unpaired) electrons. The number of hydrogen-bond acceptors (Lipinski definition) is 8. The fourth-order valence-electron chi connectivity index (χ4n) is 6.66. The van der Waals surface area contributed by atoms with Crippen molar-refractivity contribution in [2.45, 2.75) is 24.6 Å². The summed E-state index contributed by atoms with van der Waals surface area (Å²) in [6.07, 6.45) is 0.996. The topological polar surface area (TPSA) is 111 Å². The molecule has 250 valence electrons. The van der Waals surface area contributed by atoms with E-state index < -0.39 is 0 Å². The first kappa shape index (κ1) is 33.0. The zero-order valence-corrected chi connectivity index (χ0v) is 28.2. The summed E-state index contributed by atoms with van der Waals surface area (Å²) in [7, 11) is 4.51. The van der Waals surface area contributed by atoms with E-state index in [4.69, 9.17) is 14.2 Å². The van der Waals surface area contributed by atoms with Gasteiger partial charge in [-0.3, -0.25) is 14.4 Å². The molecule has 2 aliphatic heterocycles. The lowest BCUT2D eigenvalue weighted by atomic mass is 9.83. The molecule has 10 nitrogen and oxygen atoms in total. The second kappa shape index (κ2) is 14.9. The summed E-state index contributed by atoms with van der Waals surface area (Å²) >= 11 is 1.76. The van der Waals surface area contributed by atoms with E-state index in [1.807, 2.05) is 41.0 Å². The van der Waals surface area contributed by atoms with Crippen LogP contribution in [0.3, 0.4) is 0 Å². The van der Waals surface area contributed by atoms with E-state index >= 15 is 0 Å². The van der Waals surface area contributed by atoms with Gasteiger partial charge in [0, 0.05) is 66.5 Å². The number of thioether (sulfide) groups is 1. The highest BCUT2D eigenvalue weighted by Gasteiger charge is 2.35. The van der Waals surface area contributed by atoms with E-state index in [0.717, 1.165) is 29.3 Å². The van der Waals surface area contributed by atoms with Crippen LogP contribution in [0.4, 0.5) is 11.4 Å². The van der Waals surface area contributed by atoms with Crippen LogP contribution in [0.5, 0.6) is 17.2 Å². The van der Waals surface area contributed by atoms with Gasteiger partial charge in [-0.15, -0.1) is 0 Å². The molecule has 0 spiro atoms. The van der Waals surface area contributed by atoms with Crippen LogP contribution in [0.1, 0.15) is 44.3 Å². The summed E-state index contributed by atoms with van der Waals surface area (Å²) in [6, 6.07) is 24.3. The molecule has 2 atom stereocenters. The first-order chi connectivity index (χ1) is 23.4. The summed E-state index contributed by atoms with van der Waals surface area (Å²) < 4.78 is 18.3. The van der Waals surface area contributed by atoms with Gasteiger partial charge in [0.25, 0.3) is 17.4 Å². The van der Waals surface area contributed by atoms with E-state index in [0.29, 0.717) is 60.2 Å². The number of carbonyl (C=O) groups is 2. The normalized spacial score (nSPS) is 16.4. The van der Waals surface area contributed by atoms with E-state index in [9.17, 15) is 14.4 Å². The summed E-state index contributed by atoms with van der Waals surface area (Å²) in [6.45, 7) is 2.56. The average molecular weight is 669 g/mol. The summed E-state index contributed by atoms with van der Waals surface area (Å²) in [5, 5.41) is 6.10. The van der Waals surface area contributed by atoms with Gasteiger partial charge in [0.1, 0.15) is 0 Å². The predicted octanol–water partition coefficient (Wildman–Crippen LogP) is 5.41. The van der Waals surface area contributed by atoms with Crippen molar-refractivity contribution < 1.29 is 23.8 Å². The number of anilines is 2. The number of fused-ring (bicyclic) bond motifs is 4. The summed E-state index contributed by atoms with van der Waals surface area (Å²) in [4.78, 5) is 42.0. The van der Waals surface area contributed by atoms with Gasteiger partial charge >= 0.3 is 0 Å². The maximum absolute atomic E-state index is 13.8. The van der Waals surface area contributed by atoms with Crippen molar-refractivity contribution in [3.63, 3.8) is 0 Å². The summed E-state index contributed by atoms with van der Waals surface area (Å²) in [5.74, 6) is 2.58. The Labute approximate surface area is 284 Å². The number of rotatable bonds is 12. The molecule has 1 aromatic heterocycles. The SMILES string of the molecule is COc1cc(C(=O)Nc2cc(C(=O)NCCSCc3ccccc3)ccc2N2CC3CC(C2)c2cccc(=O)n2C3)cc(OC)c1OC. The number of hydrogen-bond donors (Lipinski definition) is 2. The Morgan fingerprint density at radius 3 is 2.33 bits per heavy atom. The second-order valence-corrected chi connectivity index (χ2v) is 13.1. The Bertz CT molecular complexity index is 1820. The number of ether oxygens (including phenoxy) is 3. The molecule has 2 amide bonds. The highest BCUT2D eigenvalue weighted by atomic mass is 32.2. The molecule has 1 fully saturated rings. The first-order valence-corrected chi connectivity index (χ1v) is 17.1. The van der Waals surface area contributed by atoms with E-state index in [1.165, 1.54) is 26.9 Å². The number of aromatic nitrogens is 1. The number of carbonyl (C=O) groups excluding carboxylic acids is 2. The molecule has 3 heterocycles. The van der Waals surface area contributed by atoms with Crippen LogP contribution >= 0.6 is 11.8 Å². The Morgan fingerprint density at radius 1 is 0.833 bits per heavy atom. The Kier molecular flexibility index (Phi) is 10.2. The van der Waals surface area contributed by atoms with Gasteiger partial charge in [-0.25, -0.2) is 0 Å². The number of amides is 2. The van der Waals surface area contributed by atoms with Crippen molar-refractivity contribution in [2.24, 2.45) is 5.92 Å². The molecule has 11 heteroatoms. The zero-order valence-electron chi connectivity index (χ0n) is 27.4. The number of nitrogens with zero attached hydrogens (tertiary/aromatic N) is 2. The molecular formula is C37H40N4O6S. The van der Waals surface area contributed by atoms with Crippen LogP contribution in [0.15, 0.2) is 83.7 Å². The largest absolute Gasteiger partial charge is 0.493 e. The highest BCUT2D eigenvalue weighted by molar-refractivity contribution is 7.98. The molecule has 0 saturated carbocycles. The third-order valence-electron chi connectivity index (χ3n) is 8.90. The van der Waals surface area contributed by atoms with Crippen LogP contribution < -0.4 is 35.3 Å². The molecule has 6 rings (SSSR count). The standard InChI is InChI=1S/C37H40N4O6S/c1-45-32-18-27(19-33(46-2)35(32)47-3)37(44)39-29-17-26(36(43)38-14-15-48-23-24-8-5-4-6-9-24)12-13-31(29)40-20-25-16-28(22-40)30-10-7-11-34(42)41(30)21-25/h4-13,17-19,25,28H,14-16,20-23H2,1-3H3,(H,38,43)(H,39,44). The predicted molar refractivity (Wildman–Crippen MR) is 189 cm³/mol. The Hall–Kier alpha value is -4.90. The second-order valence-electron chi connectivity index (χ2n) is 12.0. The molecule has 0 aliphatic carbocycles. The van der Waals surface area contributed by atoms with Crippen molar-refractivity contribution in [1.82, 2.24) is 9.88 Å². The van der Waals surface area contributed by atoms with Gasteiger partial charge in [-0.2, -0.15) is 11.8 Å². The molecule has 3 aromatic carbocycles. The van der Waals surface area contributed by atoms with Crippen LogP contribution in [0.2, 0.25) is 0 Å². The Balaban J connectivity index is 1.24. The molecule has 48 heavy (non-hydrogen) atoms. The molecule has 4 aromatic rings. The van der Waals surface area contributed by atoms with E-state index in [1.54, 1.807) is 42.1 Å². The number of piperidine rings is 1. The van der Waals surface area contributed by atoms with Crippen molar-refractivity contribution in [2.75, 3.05) is 56.9 Å². The minimum atomic E-state index is -0.389. The molecular weight excluding hydrogens is 628 g/mol. The fourth-order valence-corrected chi connectivity index (χ4v) is 7.47. The number of nitrogens with one attached hydrogen (secondary N) is 2. The van der Waals surface area contributed by atoms with Crippen LogP contribution in [0, 0.1) is 5.92 Å².